The van der Waals surface area contributed by atoms with Crippen LogP contribution in [-0.2, 0) is 0 Å². The fourth-order valence-corrected chi connectivity index (χ4v) is 3.25. The zero-order chi connectivity index (χ0) is 13.0. The van der Waals surface area contributed by atoms with Crippen molar-refractivity contribution in [2.75, 3.05) is 0 Å². The van der Waals surface area contributed by atoms with Crippen LogP contribution in [0.25, 0.3) is 11.6 Å². The highest BCUT2D eigenvalue weighted by Gasteiger charge is 2.38. The Morgan fingerprint density at radius 2 is 1.95 bits per heavy atom. The Labute approximate surface area is 111 Å². The van der Waals surface area contributed by atoms with Crippen LogP contribution in [-0.4, -0.2) is 20.4 Å². The first-order chi connectivity index (χ1) is 9.22. The van der Waals surface area contributed by atoms with Crippen molar-refractivity contribution in [3.05, 3.63) is 23.2 Å². The molecule has 0 aliphatic heterocycles. The number of nitrogens with zero attached hydrogens (tertiary/aromatic N) is 4. The molecule has 2 aliphatic carbocycles. The molecule has 0 spiro atoms. The van der Waals surface area contributed by atoms with Crippen molar-refractivity contribution in [3.63, 3.8) is 0 Å². The highest BCUT2D eigenvalue weighted by atomic mass is 16.4. The van der Waals surface area contributed by atoms with Gasteiger partial charge in [0, 0.05) is 11.8 Å². The Morgan fingerprint density at radius 3 is 2.74 bits per heavy atom. The molecule has 4 rings (SSSR count). The molecule has 2 aromatic rings. The third-order valence-electron chi connectivity index (χ3n) is 4.27. The predicted molar refractivity (Wildman–Crippen MR) is 68.7 cm³/mol. The summed E-state index contributed by atoms with van der Waals surface area (Å²) in [6.45, 7) is 4.06. The minimum Gasteiger partial charge on any atom is -0.419 e. The molecule has 0 aromatic carbocycles. The summed E-state index contributed by atoms with van der Waals surface area (Å²) in [5.74, 6) is 2.68. The lowest BCUT2D eigenvalue weighted by atomic mass is 9.96. The van der Waals surface area contributed by atoms with Crippen molar-refractivity contribution < 1.29 is 4.42 Å². The maximum atomic E-state index is 5.65. The average molecular weight is 256 g/mol. The molecule has 0 amide bonds. The summed E-state index contributed by atoms with van der Waals surface area (Å²) < 4.78 is 5.65. The number of hydrogen-bond donors (Lipinski definition) is 0. The second-order valence-electron chi connectivity index (χ2n) is 5.88. The van der Waals surface area contributed by atoms with Crippen molar-refractivity contribution in [1.82, 2.24) is 20.4 Å². The van der Waals surface area contributed by atoms with E-state index in [1.165, 1.54) is 30.5 Å². The van der Waals surface area contributed by atoms with Gasteiger partial charge in [-0.25, -0.2) is 0 Å². The summed E-state index contributed by atoms with van der Waals surface area (Å²) in [6, 6.07) is 2.10. The Bertz CT molecular complexity index is 634. The molecule has 1 fully saturated rings. The van der Waals surface area contributed by atoms with Crippen LogP contribution in [0.1, 0.15) is 68.0 Å². The summed E-state index contributed by atoms with van der Waals surface area (Å²) in [4.78, 5) is 0. The first kappa shape index (κ1) is 11.1. The van der Waals surface area contributed by atoms with Gasteiger partial charge < -0.3 is 4.42 Å². The molecular weight excluding hydrogens is 240 g/mol. The van der Waals surface area contributed by atoms with Crippen molar-refractivity contribution >= 4 is 0 Å². The van der Waals surface area contributed by atoms with Crippen LogP contribution in [0.4, 0.5) is 0 Å². The third-order valence-corrected chi connectivity index (χ3v) is 4.27. The van der Waals surface area contributed by atoms with Gasteiger partial charge in [-0.2, -0.15) is 5.10 Å². The Hall–Kier alpha value is -1.78. The van der Waals surface area contributed by atoms with Gasteiger partial charge in [0.25, 0.3) is 5.89 Å². The summed E-state index contributed by atoms with van der Waals surface area (Å²) in [5, 5.41) is 16.8. The van der Waals surface area contributed by atoms with Crippen LogP contribution in [0.3, 0.4) is 0 Å². The second-order valence-corrected chi connectivity index (χ2v) is 5.88. The highest BCUT2D eigenvalue weighted by Crippen LogP contribution is 2.52. The molecule has 2 bridgehead atoms. The van der Waals surface area contributed by atoms with Gasteiger partial charge in [0.05, 0.1) is 5.69 Å². The molecule has 5 heteroatoms. The topological polar surface area (TPSA) is 64.7 Å². The van der Waals surface area contributed by atoms with Crippen LogP contribution < -0.4 is 0 Å². The van der Waals surface area contributed by atoms with E-state index in [0.717, 1.165) is 0 Å². The molecule has 0 N–H and O–H groups in total. The van der Waals surface area contributed by atoms with Gasteiger partial charge in [0.15, 0.2) is 5.69 Å². The van der Waals surface area contributed by atoms with Gasteiger partial charge in [-0.3, -0.25) is 0 Å². The number of aromatic nitrogens is 4. The SMILES string of the molecule is CC(C)c1nnc(-c2cc3c(nn2)C2CCC3C2)o1. The second kappa shape index (κ2) is 3.85. The number of hydrogen-bond acceptors (Lipinski definition) is 5. The first-order valence-corrected chi connectivity index (χ1v) is 6.93. The van der Waals surface area contributed by atoms with Gasteiger partial charge in [-0.1, -0.05) is 13.8 Å². The van der Waals surface area contributed by atoms with Gasteiger partial charge in [0.2, 0.25) is 5.89 Å². The van der Waals surface area contributed by atoms with E-state index in [2.05, 4.69) is 26.5 Å². The lowest BCUT2D eigenvalue weighted by molar-refractivity contribution is 0.479. The fourth-order valence-electron chi connectivity index (χ4n) is 3.25. The Morgan fingerprint density at radius 1 is 1.11 bits per heavy atom. The van der Waals surface area contributed by atoms with Gasteiger partial charge >= 0.3 is 0 Å². The summed E-state index contributed by atoms with van der Waals surface area (Å²) in [6.07, 6.45) is 3.79. The van der Waals surface area contributed by atoms with Crippen LogP contribution in [0, 0.1) is 0 Å². The minimum absolute atomic E-state index is 0.236. The minimum atomic E-state index is 0.236. The van der Waals surface area contributed by atoms with E-state index in [9.17, 15) is 0 Å². The molecule has 19 heavy (non-hydrogen) atoms. The van der Waals surface area contributed by atoms with Gasteiger partial charge in [0.1, 0.15) is 0 Å². The molecule has 2 aromatic heterocycles. The molecule has 1 saturated carbocycles. The van der Waals surface area contributed by atoms with E-state index in [-0.39, 0.29) is 5.92 Å². The Kier molecular flexibility index (Phi) is 2.25. The first-order valence-electron chi connectivity index (χ1n) is 6.93. The fraction of sp³-hybridized carbons (Fsp3) is 0.571. The summed E-state index contributed by atoms with van der Waals surface area (Å²) in [5.41, 5.74) is 3.26. The van der Waals surface area contributed by atoms with Crippen LogP contribution in [0.2, 0.25) is 0 Å². The third kappa shape index (κ3) is 1.60. The van der Waals surface area contributed by atoms with E-state index in [1.54, 1.807) is 0 Å². The van der Waals surface area contributed by atoms with Crippen LogP contribution in [0.5, 0.6) is 0 Å². The van der Waals surface area contributed by atoms with E-state index in [0.29, 0.717) is 29.3 Å². The van der Waals surface area contributed by atoms with Crippen LogP contribution in [0.15, 0.2) is 10.5 Å². The normalized spacial score (nSPS) is 24.2. The highest BCUT2D eigenvalue weighted by molar-refractivity contribution is 5.50. The van der Waals surface area contributed by atoms with Crippen molar-refractivity contribution in [2.24, 2.45) is 0 Å². The molecule has 5 nitrogen and oxygen atoms in total. The quantitative estimate of drug-likeness (QED) is 0.826. The maximum Gasteiger partial charge on any atom is 0.268 e. The van der Waals surface area contributed by atoms with Gasteiger partial charge in [-0.15, -0.1) is 15.3 Å². The summed E-state index contributed by atoms with van der Waals surface area (Å²) in [7, 11) is 0. The smallest absolute Gasteiger partial charge is 0.268 e. The Balaban J connectivity index is 1.74. The zero-order valence-electron chi connectivity index (χ0n) is 11.1. The molecule has 0 saturated heterocycles. The van der Waals surface area contributed by atoms with E-state index in [4.69, 9.17) is 4.42 Å². The molecule has 98 valence electrons. The molecule has 2 atom stereocenters. The van der Waals surface area contributed by atoms with E-state index >= 15 is 0 Å². The maximum absolute atomic E-state index is 5.65. The monoisotopic (exact) mass is 256 g/mol. The molecule has 2 unspecified atom stereocenters. The van der Waals surface area contributed by atoms with E-state index in [1.807, 2.05) is 13.8 Å². The summed E-state index contributed by atoms with van der Waals surface area (Å²) >= 11 is 0. The molecule has 2 heterocycles. The molecular formula is C14H16N4O. The largest absolute Gasteiger partial charge is 0.419 e. The standard InChI is InChI=1S/C14H16N4O/c1-7(2)13-17-18-14(19-13)11-6-10-8-3-4-9(5-8)12(10)16-15-11/h6-9H,3-5H2,1-2H3. The van der Waals surface area contributed by atoms with Crippen molar-refractivity contribution in [2.45, 2.75) is 50.9 Å². The van der Waals surface area contributed by atoms with Crippen molar-refractivity contribution in [3.8, 4) is 11.6 Å². The molecule has 0 radical (unpaired) electrons. The molecule has 2 aliphatic rings. The van der Waals surface area contributed by atoms with E-state index < -0.39 is 0 Å². The van der Waals surface area contributed by atoms with Gasteiger partial charge in [-0.05, 0) is 36.8 Å². The predicted octanol–water partition coefficient (Wildman–Crippen LogP) is 3.01. The number of rotatable bonds is 2. The zero-order valence-corrected chi connectivity index (χ0v) is 11.1. The van der Waals surface area contributed by atoms with Crippen LogP contribution >= 0.6 is 0 Å². The lowest BCUT2D eigenvalue weighted by Crippen LogP contribution is -2.03. The lowest BCUT2D eigenvalue weighted by Gasteiger charge is -2.12. The number of fused-ring (bicyclic) bond motifs is 5. The average Bonchev–Trinajstić information content (AvgIpc) is 3.14. The van der Waals surface area contributed by atoms with Crippen molar-refractivity contribution in [1.29, 1.82) is 0 Å².